The van der Waals surface area contributed by atoms with E-state index in [1.807, 2.05) is 6.92 Å². The van der Waals surface area contributed by atoms with Gasteiger partial charge in [-0.3, -0.25) is 4.79 Å². The van der Waals surface area contributed by atoms with Gasteiger partial charge in [-0.05, 0) is 44.2 Å². The summed E-state index contributed by atoms with van der Waals surface area (Å²) in [5, 5.41) is 8.83. The summed E-state index contributed by atoms with van der Waals surface area (Å²) in [6.45, 7) is 6.22. The molecule has 1 aromatic rings. The molecule has 1 aliphatic carbocycles. The normalized spacial score (nSPS) is 17.4. The highest BCUT2D eigenvalue weighted by Gasteiger charge is 2.28. The second-order valence-electron chi connectivity index (χ2n) is 4.93. The molecule has 1 fully saturated rings. The third-order valence-electron chi connectivity index (χ3n) is 3.45. The molecule has 2 rings (SSSR count). The van der Waals surface area contributed by atoms with E-state index in [0.717, 1.165) is 0 Å². The smallest absolute Gasteiger partial charge is 0.303 e. The Kier molecular flexibility index (Phi) is 2.78. The first-order valence-corrected chi connectivity index (χ1v) is 5.90. The van der Waals surface area contributed by atoms with Crippen molar-refractivity contribution in [1.82, 2.24) is 4.57 Å². The minimum atomic E-state index is -0.719. The van der Waals surface area contributed by atoms with Crippen molar-refractivity contribution in [3.05, 3.63) is 23.0 Å². The number of aromatic nitrogens is 1. The van der Waals surface area contributed by atoms with Gasteiger partial charge >= 0.3 is 5.97 Å². The summed E-state index contributed by atoms with van der Waals surface area (Å²) in [7, 11) is 0. The molecule has 0 radical (unpaired) electrons. The Labute approximate surface area is 96.1 Å². The van der Waals surface area contributed by atoms with Crippen molar-refractivity contribution in [3.63, 3.8) is 0 Å². The summed E-state index contributed by atoms with van der Waals surface area (Å²) in [6.07, 6.45) is 2.75. The fourth-order valence-corrected chi connectivity index (χ4v) is 2.57. The highest BCUT2D eigenvalue weighted by Crippen LogP contribution is 2.39. The van der Waals surface area contributed by atoms with Gasteiger partial charge in [0.05, 0.1) is 6.42 Å². The Bertz CT molecular complexity index is 416. The summed E-state index contributed by atoms with van der Waals surface area (Å²) >= 11 is 0. The zero-order valence-electron chi connectivity index (χ0n) is 10.2. The Morgan fingerprint density at radius 2 is 2.19 bits per heavy atom. The van der Waals surface area contributed by atoms with Gasteiger partial charge in [-0.15, -0.1) is 0 Å². The number of carboxylic acids is 1. The van der Waals surface area contributed by atoms with Gasteiger partial charge in [0.15, 0.2) is 0 Å². The molecule has 0 amide bonds. The van der Waals surface area contributed by atoms with Crippen LogP contribution in [0.2, 0.25) is 0 Å². The number of hydrogen-bond donors (Lipinski definition) is 1. The number of aliphatic carboxylic acids is 1. The molecule has 0 bridgehead atoms. The van der Waals surface area contributed by atoms with E-state index < -0.39 is 5.97 Å². The molecule has 1 aromatic heterocycles. The quantitative estimate of drug-likeness (QED) is 0.849. The van der Waals surface area contributed by atoms with Crippen LogP contribution in [-0.2, 0) is 4.79 Å². The molecule has 0 aromatic carbocycles. The summed E-state index contributed by atoms with van der Waals surface area (Å²) in [6, 6.07) is 2.83. The Hall–Kier alpha value is -1.25. The molecule has 88 valence electrons. The van der Waals surface area contributed by atoms with E-state index in [-0.39, 0.29) is 12.3 Å². The molecule has 0 spiro atoms. The summed E-state index contributed by atoms with van der Waals surface area (Å²) in [5.74, 6) is -0.611. The molecule has 16 heavy (non-hydrogen) atoms. The molecule has 0 saturated heterocycles. The van der Waals surface area contributed by atoms with Crippen LogP contribution in [0.1, 0.15) is 55.1 Å². The van der Waals surface area contributed by atoms with E-state index >= 15 is 0 Å². The standard InChI is InChI=1S/C13H19NO2/c1-8(6-13(15)16)12-7-9(2)14(10(12)3)11-4-5-11/h7-8,11H,4-6H2,1-3H3,(H,15,16). The molecule has 0 aliphatic heterocycles. The van der Waals surface area contributed by atoms with Crippen LogP contribution in [0.4, 0.5) is 0 Å². The maximum absolute atomic E-state index is 10.7. The van der Waals surface area contributed by atoms with E-state index in [9.17, 15) is 4.79 Å². The predicted octanol–water partition coefficient (Wildman–Crippen LogP) is 3.02. The van der Waals surface area contributed by atoms with Crippen molar-refractivity contribution in [1.29, 1.82) is 0 Å². The molecule has 3 heteroatoms. The second kappa shape index (κ2) is 3.96. The first-order chi connectivity index (χ1) is 7.50. The molecule has 1 N–H and O–H groups in total. The lowest BCUT2D eigenvalue weighted by Gasteiger charge is -2.11. The van der Waals surface area contributed by atoms with Crippen molar-refractivity contribution < 1.29 is 9.90 Å². The van der Waals surface area contributed by atoms with Crippen LogP contribution in [0.25, 0.3) is 0 Å². The van der Waals surface area contributed by atoms with Gasteiger partial charge in [0.1, 0.15) is 0 Å². The van der Waals surface area contributed by atoms with Crippen LogP contribution in [0.15, 0.2) is 6.07 Å². The number of carboxylic acid groups (broad SMARTS) is 1. The van der Waals surface area contributed by atoms with Gasteiger partial charge in [0, 0.05) is 17.4 Å². The minimum absolute atomic E-state index is 0.108. The van der Waals surface area contributed by atoms with E-state index in [4.69, 9.17) is 5.11 Å². The topological polar surface area (TPSA) is 42.2 Å². The van der Waals surface area contributed by atoms with E-state index in [1.165, 1.54) is 29.8 Å². The van der Waals surface area contributed by atoms with Crippen LogP contribution in [0, 0.1) is 13.8 Å². The van der Waals surface area contributed by atoms with Crippen molar-refractivity contribution in [2.24, 2.45) is 0 Å². The van der Waals surface area contributed by atoms with E-state index in [2.05, 4.69) is 24.5 Å². The maximum Gasteiger partial charge on any atom is 0.303 e. The zero-order chi connectivity index (χ0) is 11.9. The highest BCUT2D eigenvalue weighted by molar-refractivity contribution is 5.68. The molecule has 3 nitrogen and oxygen atoms in total. The van der Waals surface area contributed by atoms with Gasteiger partial charge in [-0.25, -0.2) is 0 Å². The molecule has 1 unspecified atom stereocenters. The van der Waals surface area contributed by atoms with Crippen molar-refractivity contribution >= 4 is 5.97 Å². The van der Waals surface area contributed by atoms with Gasteiger partial charge in [0.2, 0.25) is 0 Å². The summed E-state index contributed by atoms with van der Waals surface area (Å²) in [4.78, 5) is 10.7. The van der Waals surface area contributed by atoms with Crippen LogP contribution in [0.3, 0.4) is 0 Å². The first-order valence-electron chi connectivity index (χ1n) is 5.90. The van der Waals surface area contributed by atoms with Crippen LogP contribution in [-0.4, -0.2) is 15.6 Å². The van der Waals surface area contributed by atoms with Gasteiger partial charge in [-0.2, -0.15) is 0 Å². The first kappa shape index (κ1) is 11.2. The maximum atomic E-state index is 10.7. The highest BCUT2D eigenvalue weighted by atomic mass is 16.4. The third-order valence-corrected chi connectivity index (χ3v) is 3.45. The Balaban J connectivity index is 2.27. The fourth-order valence-electron chi connectivity index (χ4n) is 2.57. The summed E-state index contributed by atoms with van der Waals surface area (Å²) < 4.78 is 2.37. The van der Waals surface area contributed by atoms with Crippen LogP contribution in [0.5, 0.6) is 0 Å². The lowest BCUT2D eigenvalue weighted by molar-refractivity contribution is -0.137. The fraction of sp³-hybridized carbons (Fsp3) is 0.615. The molecule has 1 heterocycles. The largest absolute Gasteiger partial charge is 0.481 e. The Morgan fingerprint density at radius 3 is 2.69 bits per heavy atom. The number of aryl methyl sites for hydroxylation is 1. The van der Waals surface area contributed by atoms with Crippen molar-refractivity contribution in [2.75, 3.05) is 0 Å². The van der Waals surface area contributed by atoms with Gasteiger partial charge in [0.25, 0.3) is 0 Å². The third kappa shape index (κ3) is 1.99. The lowest BCUT2D eigenvalue weighted by Crippen LogP contribution is -2.05. The molecular formula is C13H19NO2. The lowest BCUT2D eigenvalue weighted by atomic mass is 9.98. The van der Waals surface area contributed by atoms with Gasteiger partial charge in [-0.1, -0.05) is 6.92 Å². The summed E-state index contributed by atoms with van der Waals surface area (Å²) in [5.41, 5.74) is 3.73. The second-order valence-corrected chi connectivity index (χ2v) is 4.93. The van der Waals surface area contributed by atoms with Crippen molar-refractivity contribution in [3.8, 4) is 0 Å². The van der Waals surface area contributed by atoms with Gasteiger partial charge < -0.3 is 9.67 Å². The van der Waals surface area contributed by atoms with E-state index in [1.54, 1.807) is 0 Å². The molecule has 1 saturated carbocycles. The molecular weight excluding hydrogens is 202 g/mol. The van der Waals surface area contributed by atoms with Crippen molar-refractivity contribution in [2.45, 2.75) is 52.0 Å². The average molecular weight is 221 g/mol. The average Bonchev–Trinajstić information content (AvgIpc) is 2.93. The molecule has 1 atom stereocenters. The molecule has 1 aliphatic rings. The monoisotopic (exact) mass is 221 g/mol. The number of hydrogen-bond acceptors (Lipinski definition) is 1. The number of rotatable bonds is 4. The minimum Gasteiger partial charge on any atom is -0.481 e. The Morgan fingerprint density at radius 1 is 1.56 bits per heavy atom. The van der Waals surface area contributed by atoms with Crippen LogP contribution < -0.4 is 0 Å². The van der Waals surface area contributed by atoms with E-state index in [0.29, 0.717) is 6.04 Å². The number of carbonyl (C=O) groups is 1. The predicted molar refractivity (Wildman–Crippen MR) is 62.8 cm³/mol. The van der Waals surface area contributed by atoms with Crippen LogP contribution >= 0.6 is 0 Å². The SMILES string of the molecule is Cc1cc(C(C)CC(=O)O)c(C)n1C1CC1. The zero-order valence-corrected chi connectivity index (χ0v) is 10.2. The number of nitrogens with zero attached hydrogens (tertiary/aromatic N) is 1.